The second-order valence-corrected chi connectivity index (χ2v) is 21.3. The van der Waals surface area contributed by atoms with Crippen LogP contribution in [0.15, 0.2) is 24.3 Å². The normalized spacial score (nSPS) is 27.4. The second-order valence-electron chi connectivity index (χ2n) is 21.3. The highest BCUT2D eigenvalue weighted by Gasteiger charge is 2.41. The molecule has 20 nitrogen and oxygen atoms in total. The predicted octanol–water partition coefficient (Wildman–Crippen LogP) is 0.651. The Kier molecular flexibility index (Phi) is 22.7. The van der Waals surface area contributed by atoms with Gasteiger partial charge in [-0.1, -0.05) is 38.5 Å². The minimum absolute atomic E-state index is 0.0790. The smallest absolute Gasteiger partial charge is 0.225 e. The van der Waals surface area contributed by atoms with Gasteiger partial charge in [-0.15, -0.1) is 0 Å². The lowest BCUT2D eigenvalue weighted by Crippen LogP contribution is -2.50. The van der Waals surface area contributed by atoms with Gasteiger partial charge >= 0.3 is 0 Å². The number of rotatable bonds is 29. The van der Waals surface area contributed by atoms with Crippen molar-refractivity contribution in [3.63, 3.8) is 0 Å². The maximum Gasteiger partial charge on any atom is 0.225 e. The van der Waals surface area contributed by atoms with Gasteiger partial charge in [-0.25, -0.2) is 0 Å². The van der Waals surface area contributed by atoms with Gasteiger partial charge in [0.15, 0.2) is 5.78 Å². The molecule has 6 rings (SSSR count). The van der Waals surface area contributed by atoms with Gasteiger partial charge in [0.2, 0.25) is 41.4 Å². The third kappa shape index (κ3) is 16.4. The highest BCUT2D eigenvalue weighted by atomic mass is 16.5. The molecule has 1 heterocycles. The van der Waals surface area contributed by atoms with Crippen molar-refractivity contribution >= 4 is 47.1 Å². The van der Waals surface area contributed by atoms with Crippen molar-refractivity contribution in [3.05, 3.63) is 29.8 Å². The summed E-state index contributed by atoms with van der Waals surface area (Å²) < 4.78 is 5.20. The van der Waals surface area contributed by atoms with Crippen LogP contribution >= 0.6 is 0 Å². The molecule has 5 fully saturated rings. The van der Waals surface area contributed by atoms with Crippen LogP contribution in [0, 0.1) is 47.3 Å². The summed E-state index contributed by atoms with van der Waals surface area (Å²) in [4.78, 5) is 107. The van der Waals surface area contributed by atoms with Gasteiger partial charge in [0.05, 0.1) is 55.1 Å². The first-order chi connectivity index (χ1) is 35.3. The zero-order chi connectivity index (χ0) is 52.3. The van der Waals surface area contributed by atoms with Gasteiger partial charge < -0.3 is 64.5 Å². The molecule has 5 aliphatic rings. The topological polar surface area (TPSA) is 320 Å². The second kappa shape index (κ2) is 29.1. The van der Waals surface area contributed by atoms with Crippen LogP contribution in [0.5, 0.6) is 5.75 Å². The fourth-order valence-electron chi connectivity index (χ4n) is 11.9. The number of unbranched alkanes of at least 4 members (excludes halogenated alkanes) is 2. The number of nitrogens with one attached hydrogen (secondary N) is 8. The lowest BCUT2D eigenvalue weighted by atomic mass is 9.93. The molecule has 12 atom stereocenters. The Hall–Kier alpha value is -5.18. The third-order valence-electron chi connectivity index (χ3n) is 16.4. The van der Waals surface area contributed by atoms with Crippen molar-refractivity contribution in [2.24, 2.45) is 64.5 Å². The Morgan fingerprint density at radius 1 is 0.575 bits per heavy atom. The number of hydrogen-bond acceptors (Lipinski definition) is 13. The van der Waals surface area contributed by atoms with E-state index >= 15 is 0 Å². The summed E-state index contributed by atoms with van der Waals surface area (Å²) in [6.07, 6.45) is 12.2. The molecule has 1 aromatic carbocycles. The summed E-state index contributed by atoms with van der Waals surface area (Å²) in [5.74, 6) is -4.25. The molecule has 0 radical (unpaired) electrons. The number of amides is 7. The van der Waals surface area contributed by atoms with E-state index < -0.39 is 35.6 Å². The first-order valence-electron chi connectivity index (χ1n) is 27.4. The molecule has 1 saturated heterocycles. The standard InChI is InChI=1S/C53H85N11O9/c1-73-36-22-20-32(21-23-36)46(65)31-58-42-16-7-13-38(42)50(69)59-27-33(10-2-4-24-54)48(67)62-44-18-8-14-39(44)51(70)60-28-34(11-3-5-25-55)49(68)63-45-19-9-15-40(45)52(71)61-29-35-26-57-30-41(35)53(72)64-43-17-6-12-37(43)47(56)66/h20-23,33-35,37-45,57-58H,2-19,24-31,54-55H2,1H3,(H2,56,66)(H,59,69)(H,60,70)(H,61,71)(H,62,67)(H,63,68)(H,64,72). The Morgan fingerprint density at radius 2 is 1.05 bits per heavy atom. The number of ketones is 1. The van der Waals surface area contributed by atoms with Gasteiger partial charge in [-0.2, -0.15) is 0 Å². The monoisotopic (exact) mass is 1020 g/mol. The molecule has 7 amide bonds. The summed E-state index contributed by atoms with van der Waals surface area (Å²) in [5, 5.41) is 25.1. The van der Waals surface area contributed by atoms with Crippen molar-refractivity contribution in [1.82, 2.24) is 42.5 Å². The molecule has 4 saturated carbocycles. The van der Waals surface area contributed by atoms with Crippen LogP contribution < -0.4 is 64.5 Å². The van der Waals surface area contributed by atoms with E-state index in [1.807, 2.05) is 0 Å². The van der Waals surface area contributed by atoms with Crippen LogP contribution in [0.25, 0.3) is 0 Å². The van der Waals surface area contributed by atoms with Crippen LogP contribution in [0.1, 0.15) is 126 Å². The van der Waals surface area contributed by atoms with Gasteiger partial charge in [0.25, 0.3) is 0 Å². The lowest BCUT2D eigenvalue weighted by Gasteiger charge is -2.27. The fourth-order valence-corrected chi connectivity index (χ4v) is 11.9. The number of carbonyl (C=O) groups is 8. The quantitative estimate of drug-likeness (QED) is 0.0389. The summed E-state index contributed by atoms with van der Waals surface area (Å²) >= 11 is 0. The third-order valence-corrected chi connectivity index (χ3v) is 16.4. The van der Waals surface area contributed by atoms with E-state index in [9.17, 15) is 38.4 Å². The van der Waals surface area contributed by atoms with E-state index in [1.54, 1.807) is 31.4 Å². The Bertz CT molecular complexity index is 2030. The number of primary amides is 1. The molecule has 12 unspecified atom stereocenters. The van der Waals surface area contributed by atoms with Gasteiger partial charge in [-0.3, -0.25) is 38.4 Å². The summed E-state index contributed by atoms with van der Waals surface area (Å²) in [5.41, 5.74) is 17.8. The SMILES string of the molecule is COc1ccc(C(=O)CNC2CCCC2C(=O)NCC(CCCCN)C(=O)NC2CCCC2C(=O)NCC(CCCCN)C(=O)NC2CCCC2C(=O)NCC2CNCC2C(=O)NC2CCCC2C(N)=O)cc1. The Balaban J connectivity index is 0.971. The largest absolute Gasteiger partial charge is 0.497 e. The van der Waals surface area contributed by atoms with Crippen LogP contribution in [-0.2, 0) is 33.6 Å². The van der Waals surface area contributed by atoms with Crippen LogP contribution in [0.4, 0.5) is 0 Å². The molecule has 1 aromatic rings. The zero-order valence-electron chi connectivity index (χ0n) is 43.0. The number of methoxy groups -OCH3 is 1. The number of benzene rings is 1. The Morgan fingerprint density at radius 3 is 1.56 bits per heavy atom. The fraction of sp³-hybridized carbons (Fsp3) is 0.736. The van der Waals surface area contributed by atoms with Crippen molar-refractivity contribution in [3.8, 4) is 5.75 Å². The number of hydrogen-bond donors (Lipinski definition) is 11. The van der Waals surface area contributed by atoms with Crippen LogP contribution in [0.2, 0.25) is 0 Å². The summed E-state index contributed by atoms with van der Waals surface area (Å²) in [6.45, 7) is 2.59. The van der Waals surface area contributed by atoms with E-state index in [0.29, 0.717) is 121 Å². The van der Waals surface area contributed by atoms with E-state index in [1.165, 1.54) is 0 Å². The number of nitrogens with two attached hydrogens (primary N) is 3. The average molecular weight is 1020 g/mol. The zero-order valence-corrected chi connectivity index (χ0v) is 43.0. The van der Waals surface area contributed by atoms with Crippen molar-refractivity contribution in [1.29, 1.82) is 0 Å². The van der Waals surface area contributed by atoms with Crippen LogP contribution in [-0.4, -0.2) is 131 Å². The molecule has 14 N–H and O–H groups in total. The Labute approximate surface area is 430 Å². The maximum absolute atomic E-state index is 14.0. The lowest BCUT2D eigenvalue weighted by molar-refractivity contribution is -0.131. The van der Waals surface area contributed by atoms with Gasteiger partial charge in [0, 0.05) is 68.4 Å². The highest BCUT2D eigenvalue weighted by Crippen LogP contribution is 2.31. The van der Waals surface area contributed by atoms with Crippen LogP contribution in [0.3, 0.4) is 0 Å². The van der Waals surface area contributed by atoms with Crippen molar-refractivity contribution in [2.75, 3.05) is 59.5 Å². The number of ether oxygens (including phenoxy) is 1. The average Bonchev–Trinajstić information content (AvgIpc) is 4.26. The van der Waals surface area contributed by atoms with E-state index in [-0.39, 0.29) is 103 Å². The minimum Gasteiger partial charge on any atom is -0.497 e. The maximum atomic E-state index is 14.0. The van der Waals surface area contributed by atoms with Gasteiger partial charge in [-0.05, 0) is 114 Å². The molecule has 1 aliphatic heterocycles. The molecule has 4 aliphatic carbocycles. The van der Waals surface area contributed by atoms with Crippen molar-refractivity contribution in [2.45, 2.75) is 140 Å². The molecule has 406 valence electrons. The van der Waals surface area contributed by atoms with E-state index in [4.69, 9.17) is 21.9 Å². The van der Waals surface area contributed by atoms with Crippen molar-refractivity contribution < 1.29 is 43.1 Å². The molecule has 73 heavy (non-hydrogen) atoms. The molecule has 0 bridgehead atoms. The molecular weight excluding hydrogens is 935 g/mol. The van der Waals surface area contributed by atoms with Gasteiger partial charge in [0.1, 0.15) is 5.75 Å². The highest BCUT2D eigenvalue weighted by molar-refractivity contribution is 5.97. The number of carbonyl (C=O) groups excluding carboxylic acids is 8. The molecule has 0 spiro atoms. The van der Waals surface area contributed by atoms with E-state index in [2.05, 4.69) is 42.5 Å². The molecule has 20 heteroatoms. The first kappa shape index (κ1) is 57.1. The summed E-state index contributed by atoms with van der Waals surface area (Å²) in [7, 11) is 1.57. The number of Topliss-reactive ketones (excluding diaryl/α,β-unsaturated/α-hetero) is 1. The molecule has 0 aromatic heterocycles. The minimum atomic E-state index is -0.564. The first-order valence-corrected chi connectivity index (χ1v) is 27.4. The molecular formula is C53H85N11O9. The summed E-state index contributed by atoms with van der Waals surface area (Å²) in [6, 6.07) is 5.67. The predicted molar refractivity (Wildman–Crippen MR) is 275 cm³/mol. The van der Waals surface area contributed by atoms with E-state index in [0.717, 1.165) is 38.5 Å².